The average Bonchev–Trinajstić information content (AvgIpc) is 2.39. The standard InChI is InChI=1S/C14H16O4P2/c15-19(16)18-20(17,11-13-7-3-1-4-8-13)12-14-9-5-2-6-10-14/h1-10,15-16H,11-12H2. The van der Waals surface area contributed by atoms with Gasteiger partial charge in [0.2, 0.25) is 7.37 Å². The average molecular weight is 310 g/mol. The first kappa shape index (κ1) is 15.4. The zero-order valence-corrected chi connectivity index (χ0v) is 12.6. The van der Waals surface area contributed by atoms with Gasteiger partial charge in [-0.3, -0.25) is 8.88 Å². The highest BCUT2D eigenvalue weighted by atomic mass is 31.2. The minimum absolute atomic E-state index is 0.183. The van der Waals surface area contributed by atoms with E-state index in [-0.39, 0.29) is 12.3 Å². The molecule has 0 fully saturated rings. The first-order chi connectivity index (χ1) is 9.57. The van der Waals surface area contributed by atoms with E-state index in [0.29, 0.717) is 0 Å². The zero-order chi connectivity index (χ0) is 14.4. The van der Waals surface area contributed by atoms with Crippen LogP contribution in [0.2, 0.25) is 0 Å². The van der Waals surface area contributed by atoms with Crippen molar-refractivity contribution >= 4 is 16.0 Å². The summed E-state index contributed by atoms with van der Waals surface area (Å²) in [7, 11) is -5.83. The molecule has 0 aliphatic heterocycles. The van der Waals surface area contributed by atoms with Crippen molar-refractivity contribution in [3.05, 3.63) is 71.8 Å². The summed E-state index contributed by atoms with van der Waals surface area (Å²) in [6.07, 6.45) is 0.366. The molecule has 2 aromatic rings. The molecule has 6 heteroatoms. The monoisotopic (exact) mass is 310 g/mol. The van der Waals surface area contributed by atoms with Crippen molar-refractivity contribution < 1.29 is 18.7 Å². The Morgan fingerprint density at radius 2 is 1.25 bits per heavy atom. The molecule has 20 heavy (non-hydrogen) atoms. The molecule has 0 saturated heterocycles. The number of benzene rings is 2. The Hall–Kier alpha value is -1.02. The van der Waals surface area contributed by atoms with Gasteiger partial charge in [0.15, 0.2) is 0 Å². The number of rotatable bonds is 6. The molecule has 2 rings (SSSR count). The Labute approximate surface area is 119 Å². The quantitative estimate of drug-likeness (QED) is 0.794. The summed E-state index contributed by atoms with van der Waals surface area (Å²) in [5.41, 5.74) is 1.70. The van der Waals surface area contributed by atoms with Crippen LogP contribution in [0.15, 0.2) is 60.7 Å². The second-order valence-corrected chi connectivity index (χ2v) is 7.86. The van der Waals surface area contributed by atoms with Crippen LogP contribution in [-0.2, 0) is 21.2 Å². The van der Waals surface area contributed by atoms with Gasteiger partial charge in [-0.05, 0) is 11.1 Å². The highest BCUT2D eigenvalue weighted by Crippen LogP contribution is 2.60. The van der Waals surface area contributed by atoms with Crippen LogP contribution in [0, 0.1) is 0 Å². The molecular formula is C14H16O4P2. The smallest absolute Gasteiger partial charge is 0.328 e. The third-order valence-electron chi connectivity index (χ3n) is 2.75. The molecule has 0 radical (unpaired) electrons. The molecular weight excluding hydrogens is 294 g/mol. The van der Waals surface area contributed by atoms with Crippen LogP contribution in [0.25, 0.3) is 0 Å². The van der Waals surface area contributed by atoms with Crippen molar-refractivity contribution in [3.63, 3.8) is 0 Å². The minimum Gasteiger partial charge on any atom is -0.328 e. The van der Waals surface area contributed by atoms with E-state index in [1.807, 2.05) is 60.7 Å². The van der Waals surface area contributed by atoms with E-state index < -0.39 is 16.0 Å². The maximum atomic E-state index is 12.8. The van der Waals surface area contributed by atoms with E-state index in [9.17, 15) is 4.57 Å². The first-order valence-electron chi connectivity index (χ1n) is 6.11. The van der Waals surface area contributed by atoms with Crippen molar-refractivity contribution in [2.75, 3.05) is 0 Å². The predicted molar refractivity (Wildman–Crippen MR) is 80.3 cm³/mol. The van der Waals surface area contributed by atoms with Crippen molar-refractivity contribution in [1.82, 2.24) is 0 Å². The Morgan fingerprint density at radius 1 is 0.850 bits per heavy atom. The molecule has 0 aliphatic carbocycles. The van der Waals surface area contributed by atoms with Gasteiger partial charge < -0.3 is 9.79 Å². The lowest BCUT2D eigenvalue weighted by Crippen LogP contribution is -1.96. The maximum absolute atomic E-state index is 12.8. The highest BCUT2D eigenvalue weighted by molar-refractivity contribution is 7.64. The highest BCUT2D eigenvalue weighted by Gasteiger charge is 2.27. The summed E-state index contributed by atoms with van der Waals surface area (Å²) < 4.78 is 17.8. The predicted octanol–water partition coefficient (Wildman–Crippen LogP) is 3.89. The summed E-state index contributed by atoms with van der Waals surface area (Å²) in [5, 5.41) is 0. The lowest BCUT2D eigenvalue weighted by Gasteiger charge is -2.18. The maximum Gasteiger partial charge on any atom is 0.333 e. The summed E-state index contributed by atoms with van der Waals surface area (Å²) in [6, 6.07) is 18.5. The summed E-state index contributed by atoms with van der Waals surface area (Å²) in [5.74, 6) is 0. The largest absolute Gasteiger partial charge is 0.333 e. The zero-order valence-electron chi connectivity index (χ0n) is 10.8. The second kappa shape index (κ2) is 7.12. The number of hydrogen-bond acceptors (Lipinski definition) is 4. The van der Waals surface area contributed by atoms with E-state index in [2.05, 4.69) is 0 Å². The van der Waals surface area contributed by atoms with Crippen molar-refractivity contribution in [2.45, 2.75) is 12.3 Å². The molecule has 4 nitrogen and oxygen atoms in total. The topological polar surface area (TPSA) is 66.8 Å². The van der Waals surface area contributed by atoms with Crippen molar-refractivity contribution in [1.29, 1.82) is 0 Å². The fourth-order valence-corrected chi connectivity index (χ4v) is 5.14. The van der Waals surface area contributed by atoms with Crippen LogP contribution < -0.4 is 0 Å². The lowest BCUT2D eigenvalue weighted by molar-refractivity contribution is 0.369. The van der Waals surface area contributed by atoms with Crippen LogP contribution in [0.5, 0.6) is 0 Å². The molecule has 0 bridgehead atoms. The summed E-state index contributed by atoms with van der Waals surface area (Å²) in [4.78, 5) is 18.1. The molecule has 0 spiro atoms. The SMILES string of the molecule is O=P(Cc1ccccc1)(Cc1ccccc1)OP(O)O. The van der Waals surface area contributed by atoms with E-state index >= 15 is 0 Å². The molecule has 0 heterocycles. The normalized spacial score (nSPS) is 11.8. The van der Waals surface area contributed by atoms with Gasteiger partial charge in [-0.1, -0.05) is 60.7 Å². The Kier molecular flexibility index (Phi) is 5.47. The van der Waals surface area contributed by atoms with Gasteiger partial charge in [0, 0.05) is 0 Å². The Balaban J connectivity index is 2.19. The minimum atomic E-state index is -3.19. The van der Waals surface area contributed by atoms with Crippen LogP contribution >= 0.6 is 16.0 Å². The summed E-state index contributed by atoms with van der Waals surface area (Å²) >= 11 is 0. The van der Waals surface area contributed by atoms with Gasteiger partial charge in [0.05, 0.1) is 12.3 Å². The lowest BCUT2D eigenvalue weighted by atomic mass is 10.2. The van der Waals surface area contributed by atoms with Crippen LogP contribution in [-0.4, -0.2) is 9.79 Å². The molecule has 0 aromatic heterocycles. The molecule has 0 atom stereocenters. The first-order valence-corrected chi connectivity index (χ1v) is 9.27. The van der Waals surface area contributed by atoms with Gasteiger partial charge >= 0.3 is 8.60 Å². The molecule has 2 N–H and O–H groups in total. The van der Waals surface area contributed by atoms with Gasteiger partial charge in [-0.15, -0.1) is 0 Å². The molecule has 2 aromatic carbocycles. The summed E-state index contributed by atoms with van der Waals surface area (Å²) in [6.45, 7) is 0. The van der Waals surface area contributed by atoms with E-state index in [1.165, 1.54) is 0 Å². The van der Waals surface area contributed by atoms with Gasteiger partial charge in [-0.25, -0.2) is 0 Å². The fraction of sp³-hybridized carbons (Fsp3) is 0.143. The van der Waals surface area contributed by atoms with Crippen LogP contribution in [0.3, 0.4) is 0 Å². The molecule has 0 unspecified atom stereocenters. The molecule has 0 aliphatic rings. The van der Waals surface area contributed by atoms with Gasteiger partial charge in [0.1, 0.15) is 0 Å². The van der Waals surface area contributed by atoms with Gasteiger partial charge in [-0.2, -0.15) is 0 Å². The van der Waals surface area contributed by atoms with E-state index in [0.717, 1.165) is 11.1 Å². The van der Waals surface area contributed by atoms with E-state index in [4.69, 9.17) is 14.1 Å². The number of hydrogen-bond donors (Lipinski definition) is 2. The third-order valence-corrected chi connectivity index (χ3v) is 6.22. The molecule has 0 saturated carbocycles. The van der Waals surface area contributed by atoms with Crippen molar-refractivity contribution in [2.24, 2.45) is 0 Å². The van der Waals surface area contributed by atoms with E-state index in [1.54, 1.807) is 0 Å². The van der Waals surface area contributed by atoms with Crippen molar-refractivity contribution in [3.8, 4) is 0 Å². The second-order valence-electron chi connectivity index (χ2n) is 4.44. The Morgan fingerprint density at radius 3 is 1.60 bits per heavy atom. The molecule has 106 valence electrons. The van der Waals surface area contributed by atoms with Crippen LogP contribution in [0.1, 0.15) is 11.1 Å². The Bertz CT molecular complexity index is 527. The third kappa shape index (κ3) is 4.82. The molecule has 0 amide bonds. The fourth-order valence-electron chi connectivity index (χ4n) is 1.97. The van der Waals surface area contributed by atoms with Crippen LogP contribution in [0.4, 0.5) is 0 Å². The van der Waals surface area contributed by atoms with Gasteiger partial charge in [0.25, 0.3) is 0 Å².